The third kappa shape index (κ3) is 3.88. The smallest absolute Gasteiger partial charge is 0.316 e. The number of nitrogens with zero attached hydrogens (tertiary/aromatic N) is 1. The van der Waals surface area contributed by atoms with Crippen LogP contribution in [0.3, 0.4) is 0 Å². The van der Waals surface area contributed by atoms with Crippen molar-refractivity contribution in [3.05, 3.63) is 48.5 Å². The van der Waals surface area contributed by atoms with Crippen LogP contribution in [0, 0.1) is 0 Å². The number of para-hydroxylation sites is 1. The molecule has 2 aromatic carbocycles. The summed E-state index contributed by atoms with van der Waals surface area (Å²) in [6.45, 7) is 0.976. The van der Waals surface area contributed by atoms with Gasteiger partial charge in [-0.1, -0.05) is 18.2 Å². The molecule has 3 aromatic rings. The second kappa shape index (κ2) is 7.69. The summed E-state index contributed by atoms with van der Waals surface area (Å²) >= 11 is 0. The van der Waals surface area contributed by atoms with Gasteiger partial charge in [-0.3, -0.25) is 4.79 Å². The third-order valence-corrected chi connectivity index (χ3v) is 6.38. The summed E-state index contributed by atoms with van der Waals surface area (Å²) in [7, 11) is -4.48. The van der Waals surface area contributed by atoms with Crippen LogP contribution in [0.15, 0.2) is 53.4 Å². The van der Waals surface area contributed by atoms with E-state index in [1.54, 1.807) is 6.07 Å². The SMILES string of the molecule is O=C(NS(=O)(=O)c1ccc(N2CC[C@H](O)C2)c(-c2cc3ccccc3[nH]2)c1)C(F)F. The van der Waals surface area contributed by atoms with Crippen LogP contribution in [-0.2, 0) is 14.8 Å². The predicted molar refractivity (Wildman–Crippen MR) is 108 cm³/mol. The van der Waals surface area contributed by atoms with E-state index in [2.05, 4.69) is 4.98 Å². The number of hydrogen-bond donors (Lipinski definition) is 3. The minimum absolute atomic E-state index is 0.311. The second-order valence-electron chi connectivity index (χ2n) is 7.11. The van der Waals surface area contributed by atoms with Gasteiger partial charge in [-0.25, -0.2) is 13.1 Å². The van der Waals surface area contributed by atoms with Crippen molar-refractivity contribution in [3.63, 3.8) is 0 Å². The van der Waals surface area contributed by atoms with Gasteiger partial charge in [0.05, 0.1) is 11.0 Å². The number of fused-ring (bicyclic) bond motifs is 1. The Morgan fingerprint density at radius 3 is 2.63 bits per heavy atom. The van der Waals surface area contributed by atoms with Crippen molar-refractivity contribution in [1.82, 2.24) is 9.71 Å². The molecule has 0 radical (unpaired) electrons. The van der Waals surface area contributed by atoms with E-state index in [0.717, 1.165) is 10.9 Å². The fourth-order valence-electron chi connectivity index (χ4n) is 3.59. The maximum absolute atomic E-state index is 12.5. The number of H-pyrrole nitrogens is 1. The minimum atomic E-state index is -4.48. The molecule has 7 nitrogen and oxygen atoms in total. The molecule has 1 aliphatic rings. The predicted octanol–water partition coefficient (Wildman–Crippen LogP) is 2.48. The molecule has 0 unspecified atom stereocenters. The lowest BCUT2D eigenvalue weighted by molar-refractivity contribution is -0.129. The summed E-state index contributed by atoms with van der Waals surface area (Å²) in [4.78, 5) is 16.1. The van der Waals surface area contributed by atoms with Crippen molar-refractivity contribution in [2.24, 2.45) is 0 Å². The summed E-state index contributed by atoms with van der Waals surface area (Å²) in [5, 5.41) is 10.8. The summed E-state index contributed by atoms with van der Waals surface area (Å²) in [6.07, 6.45) is -3.36. The van der Waals surface area contributed by atoms with Crippen LogP contribution in [0.25, 0.3) is 22.2 Å². The Morgan fingerprint density at radius 2 is 1.97 bits per heavy atom. The monoisotopic (exact) mass is 435 g/mol. The Morgan fingerprint density at radius 1 is 1.20 bits per heavy atom. The van der Waals surface area contributed by atoms with E-state index in [4.69, 9.17) is 0 Å². The summed E-state index contributed by atoms with van der Waals surface area (Å²) in [5.74, 6) is -1.88. The molecule has 1 aliphatic heterocycles. The highest BCUT2D eigenvalue weighted by atomic mass is 32.2. The standard InChI is InChI=1S/C20H19F2N3O4S/c21-19(22)20(27)24-30(28,29)14-5-6-18(25-8-7-13(26)11-25)15(10-14)17-9-12-3-1-2-4-16(12)23-17/h1-6,9-10,13,19,23,26H,7-8,11H2,(H,24,27)/t13-/m0/s1. The molecular weight excluding hydrogens is 416 g/mol. The molecule has 3 N–H and O–H groups in total. The number of benzene rings is 2. The summed E-state index contributed by atoms with van der Waals surface area (Å²) in [5.41, 5.74) is 2.69. The van der Waals surface area contributed by atoms with Gasteiger partial charge in [-0.15, -0.1) is 0 Å². The number of alkyl halides is 2. The van der Waals surface area contributed by atoms with E-state index in [1.807, 2.05) is 35.2 Å². The molecule has 0 bridgehead atoms. The van der Waals surface area contributed by atoms with E-state index in [9.17, 15) is 27.1 Å². The highest BCUT2D eigenvalue weighted by molar-refractivity contribution is 7.90. The fraction of sp³-hybridized carbons (Fsp3) is 0.250. The quantitative estimate of drug-likeness (QED) is 0.572. The van der Waals surface area contributed by atoms with Gasteiger partial charge >= 0.3 is 12.3 Å². The third-order valence-electron chi connectivity index (χ3n) is 5.04. The number of nitrogens with one attached hydrogen (secondary N) is 2. The van der Waals surface area contributed by atoms with Crippen LogP contribution < -0.4 is 9.62 Å². The number of carbonyl (C=O) groups excluding carboxylic acids is 1. The van der Waals surface area contributed by atoms with Crippen LogP contribution >= 0.6 is 0 Å². The number of carbonyl (C=O) groups is 1. The van der Waals surface area contributed by atoms with E-state index in [-0.39, 0.29) is 4.90 Å². The number of hydrogen-bond acceptors (Lipinski definition) is 5. The lowest BCUT2D eigenvalue weighted by Gasteiger charge is -2.22. The molecule has 158 valence electrons. The number of amides is 1. The van der Waals surface area contributed by atoms with E-state index < -0.39 is 28.5 Å². The van der Waals surface area contributed by atoms with E-state index in [0.29, 0.717) is 36.5 Å². The zero-order chi connectivity index (χ0) is 21.5. The van der Waals surface area contributed by atoms with Gasteiger partial charge in [-0.05, 0) is 36.8 Å². The number of sulfonamides is 1. The van der Waals surface area contributed by atoms with E-state index >= 15 is 0 Å². The van der Waals surface area contributed by atoms with Crippen molar-refractivity contribution in [2.45, 2.75) is 23.8 Å². The zero-order valence-corrected chi connectivity index (χ0v) is 16.5. The molecule has 0 spiro atoms. The number of aromatic nitrogens is 1. The van der Waals surface area contributed by atoms with Crippen LogP contribution in [0.4, 0.5) is 14.5 Å². The molecule has 0 aliphatic carbocycles. The number of aliphatic hydroxyl groups excluding tert-OH is 1. The van der Waals surface area contributed by atoms with Gasteiger partial charge in [0.15, 0.2) is 0 Å². The minimum Gasteiger partial charge on any atom is -0.391 e. The molecule has 4 rings (SSSR count). The normalized spacial score (nSPS) is 17.1. The Hall–Kier alpha value is -2.98. The van der Waals surface area contributed by atoms with Gasteiger partial charge in [0.2, 0.25) is 0 Å². The first-order valence-corrected chi connectivity index (χ1v) is 10.7. The van der Waals surface area contributed by atoms with Crippen molar-refractivity contribution in [1.29, 1.82) is 0 Å². The molecular formula is C20H19F2N3O4S. The van der Waals surface area contributed by atoms with Gasteiger partial charge in [-0.2, -0.15) is 8.78 Å². The Labute approximate surface area is 171 Å². The van der Waals surface area contributed by atoms with Crippen molar-refractivity contribution in [3.8, 4) is 11.3 Å². The molecule has 2 heterocycles. The number of β-amino-alcohol motifs (C(OH)–C–C–N with tert-alkyl or cyclic N) is 1. The van der Waals surface area contributed by atoms with Crippen LogP contribution in [0.1, 0.15) is 6.42 Å². The highest BCUT2D eigenvalue weighted by Crippen LogP contribution is 2.36. The van der Waals surface area contributed by atoms with Crippen LogP contribution in [-0.4, -0.2) is 50.0 Å². The van der Waals surface area contributed by atoms with Crippen LogP contribution in [0.2, 0.25) is 0 Å². The van der Waals surface area contributed by atoms with Gasteiger partial charge in [0.25, 0.3) is 10.0 Å². The highest BCUT2D eigenvalue weighted by Gasteiger charge is 2.27. The molecule has 10 heteroatoms. The van der Waals surface area contributed by atoms with Gasteiger partial charge in [0, 0.05) is 40.9 Å². The Bertz CT molecular complexity index is 1180. The Kier molecular flexibility index (Phi) is 5.20. The average molecular weight is 435 g/mol. The van der Waals surface area contributed by atoms with Gasteiger partial charge < -0.3 is 15.0 Å². The molecule has 0 saturated carbocycles. The molecule has 1 atom stereocenters. The molecule has 1 amide bonds. The number of aromatic amines is 1. The number of anilines is 1. The lowest BCUT2D eigenvalue weighted by Crippen LogP contribution is -2.35. The zero-order valence-electron chi connectivity index (χ0n) is 15.7. The van der Waals surface area contributed by atoms with Crippen LogP contribution in [0.5, 0.6) is 0 Å². The first-order valence-electron chi connectivity index (χ1n) is 9.24. The average Bonchev–Trinajstić information content (AvgIpc) is 3.33. The fourth-order valence-corrected chi connectivity index (χ4v) is 4.58. The van der Waals surface area contributed by atoms with Crippen molar-refractivity contribution < 1.29 is 27.1 Å². The van der Waals surface area contributed by atoms with Crippen molar-refractivity contribution in [2.75, 3.05) is 18.0 Å². The number of halogens is 2. The molecule has 1 aromatic heterocycles. The Balaban J connectivity index is 1.82. The number of rotatable bonds is 5. The second-order valence-corrected chi connectivity index (χ2v) is 8.79. The first-order chi connectivity index (χ1) is 14.2. The lowest BCUT2D eigenvalue weighted by atomic mass is 10.1. The summed E-state index contributed by atoms with van der Waals surface area (Å²) in [6, 6.07) is 13.5. The van der Waals surface area contributed by atoms with Crippen molar-refractivity contribution >= 4 is 32.5 Å². The first kappa shape index (κ1) is 20.3. The molecule has 1 saturated heterocycles. The number of aliphatic hydroxyl groups is 1. The van der Waals surface area contributed by atoms with E-state index in [1.165, 1.54) is 16.9 Å². The maximum atomic E-state index is 12.5. The maximum Gasteiger partial charge on any atom is 0.316 e. The molecule has 30 heavy (non-hydrogen) atoms. The summed E-state index contributed by atoms with van der Waals surface area (Å²) < 4.78 is 51.4. The van der Waals surface area contributed by atoms with Gasteiger partial charge in [0.1, 0.15) is 0 Å². The molecule has 1 fully saturated rings. The largest absolute Gasteiger partial charge is 0.391 e. The topological polar surface area (TPSA) is 102 Å².